The minimum absolute atomic E-state index is 0.0347. The summed E-state index contributed by atoms with van der Waals surface area (Å²) in [7, 11) is 0. The van der Waals surface area contributed by atoms with Gasteiger partial charge in [0.15, 0.2) is 11.5 Å². The van der Waals surface area contributed by atoms with E-state index in [2.05, 4.69) is 4.98 Å². The highest BCUT2D eigenvalue weighted by molar-refractivity contribution is 5.42. The Labute approximate surface area is 67.5 Å². The van der Waals surface area contributed by atoms with Crippen molar-refractivity contribution < 1.29 is 8.78 Å². The summed E-state index contributed by atoms with van der Waals surface area (Å²) in [5.41, 5.74) is 0.816. The number of aryl methyl sites for hydroxylation is 1. The normalized spacial score (nSPS) is 10.9. The van der Waals surface area contributed by atoms with Gasteiger partial charge in [-0.3, -0.25) is 0 Å². The fraction of sp³-hybridized carbons (Fsp3) is 0.125. The molecule has 0 N–H and O–H groups in total. The van der Waals surface area contributed by atoms with Crippen LogP contribution in [0.1, 0.15) is 5.69 Å². The average Bonchev–Trinajstić information content (AvgIpc) is 2.41. The van der Waals surface area contributed by atoms with Crippen molar-refractivity contribution in [1.29, 1.82) is 0 Å². The number of fused-ring (bicyclic) bond motifs is 1. The van der Waals surface area contributed by atoms with E-state index in [1.165, 1.54) is 16.8 Å². The van der Waals surface area contributed by atoms with Gasteiger partial charge in [0.25, 0.3) is 0 Å². The van der Waals surface area contributed by atoms with Gasteiger partial charge in [-0.15, -0.1) is 0 Å². The number of pyridine rings is 1. The molecule has 0 aliphatic carbocycles. The number of imidazole rings is 1. The number of hydrogen-bond donors (Lipinski definition) is 0. The Balaban J connectivity index is 2.93. The Hall–Kier alpha value is -1.45. The van der Waals surface area contributed by atoms with E-state index in [4.69, 9.17) is 0 Å². The van der Waals surface area contributed by atoms with Gasteiger partial charge in [0.1, 0.15) is 0 Å². The van der Waals surface area contributed by atoms with Crippen LogP contribution < -0.4 is 0 Å². The van der Waals surface area contributed by atoms with Crippen LogP contribution in [-0.2, 0) is 0 Å². The molecule has 2 nitrogen and oxygen atoms in total. The van der Waals surface area contributed by atoms with E-state index >= 15 is 0 Å². The van der Waals surface area contributed by atoms with E-state index in [9.17, 15) is 8.78 Å². The van der Waals surface area contributed by atoms with E-state index < -0.39 is 11.6 Å². The molecule has 2 aromatic rings. The first-order chi connectivity index (χ1) is 5.70. The Morgan fingerprint density at radius 1 is 1.42 bits per heavy atom. The van der Waals surface area contributed by atoms with Crippen LogP contribution >= 0.6 is 0 Å². The summed E-state index contributed by atoms with van der Waals surface area (Å²) in [4.78, 5) is 3.73. The monoisotopic (exact) mass is 168 g/mol. The molecule has 0 unspecified atom stereocenters. The second-order valence-electron chi connectivity index (χ2n) is 2.57. The first-order valence-corrected chi connectivity index (χ1v) is 3.48. The van der Waals surface area contributed by atoms with Crippen molar-refractivity contribution >= 4 is 5.65 Å². The molecule has 0 spiro atoms. The lowest BCUT2D eigenvalue weighted by molar-refractivity contribution is 0.509. The van der Waals surface area contributed by atoms with Crippen molar-refractivity contribution in [3.8, 4) is 0 Å². The van der Waals surface area contributed by atoms with E-state index in [-0.39, 0.29) is 5.65 Å². The van der Waals surface area contributed by atoms with Gasteiger partial charge in [0.2, 0.25) is 5.82 Å². The summed E-state index contributed by atoms with van der Waals surface area (Å²) in [5.74, 6) is -1.77. The largest absolute Gasteiger partial charge is 0.302 e. The Morgan fingerprint density at radius 2 is 2.17 bits per heavy atom. The van der Waals surface area contributed by atoms with Crippen molar-refractivity contribution in [2.24, 2.45) is 0 Å². The number of aromatic nitrogens is 2. The molecule has 0 aromatic carbocycles. The average molecular weight is 168 g/mol. The number of nitrogens with zero attached hydrogens (tertiary/aromatic N) is 2. The van der Waals surface area contributed by atoms with E-state index in [0.29, 0.717) is 0 Å². The molecule has 0 atom stereocenters. The predicted molar refractivity (Wildman–Crippen MR) is 39.8 cm³/mol. The van der Waals surface area contributed by atoms with E-state index in [1.807, 2.05) is 0 Å². The lowest BCUT2D eigenvalue weighted by Crippen LogP contribution is -1.93. The minimum Gasteiger partial charge on any atom is -0.302 e. The quantitative estimate of drug-likeness (QED) is 0.587. The smallest absolute Gasteiger partial charge is 0.201 e. The zero-order valence-electron chi connectivity index (χ0n) is 6.38. The van der Waals surface area contributed by atoms with Crippen LogP contribution in [0.5, 0.6) is 0 Å². The maximum Gasteiger partial charge on any atom is 0.201 e. The lowest BCUT2D eigenvalue weighted by atomic mass is 10.4. The van der Waals surface area contributed by atoms with E-state index in [1.54, 1.807) is 6.92 Å². The fourth-order valence-electron chi connectivity index (χ4n) is 1.12. The fourth-order valence-corrected chi connectivity index (χ4v) is 1.12. The maximum absolute atomic E-state index is 13.0. The molecule has 0 saturated heterocycles. The molecule has 0 fully saturated rings. The highest BCUT2D eigenvalue weighted by Gasteiger charge is 2.08. The Kier molecular flexibility index (Phi) is 1.36. The van der Waals surface area contributed by atoms with Crippen molar-refractivity contribution in [3.05, 3.63) is 35.8 Å². The molecule has 4 heteroatoms. The highest BCUT2D eigenvalue weighted by atomic mass is 19.2. The second kappa shape index (κ2) is 2.27. The van der Waals surface area contributed by atoms with Crippen LogP contribution in [0.2, 0.25) is 0 Å². The minimum atomic E-state index is -0.898. The summed E-state index contributed by atoms with van der Waals surface area (Å²) >= 11 is 0. The van der Waals surface area contributed by atoms with E-state index in [0.717, 1.165) is 11.8 Å². The molecule has 0 radical (unpaired) electrons. The Morgan fingerprint density at radius 3 is 2.92 bits per heavy atom. The van der Waals surface area contributed by atoms with Gasteiger partial charge < -0.3 is 4.40 Å². The molecule has 12 heavy (non-hydrogen) atoms. The van der Waals surface area contributed by atoms with Gasteiger partial charge >= 0.3 is 0 Å². The molecule has 0 aliphatic rings. The van der Waals surface area contributed by atoms with Crippen LogP contribution in [0.15, 0.2) is 18.5 Å². The Bertz CT molecular complexity index is 434. The summed E-state index contributed by atoms with van der Waals surface area (Å²) < 4.78 is 27.1. The topological polar surface area (TPSA) is 17.3 Å². The van der Waals surface area contributed by atoms with Gasteiger partial charge in [0, 0.05) is 18.1 Å². The second-order valence-corrected chi connectivity index (χ2v) is 2.57. The van der Waals surface area contributed by atoms with Crippen LogP contribution in [0.4, 0.5) is 8.78 Å². The summed E-state index contributed by atoms with van der Waals surface area (Å²) in [6.07, 6.45) is 2.95. The summed E-state index contributed by atoms with van der Waals surface area (Å²) in [6.45, 7) is 1.78. The highest BCUT2D eigenvalue weighted by Crippen LogP contribution is 2.12. The van der Waals surface area contributed by atoms with Gasteiger partial charge in [0.05, 0.1) is 0 Å². The standard InChI is InChI=1S/C8H6F2N2/c1-5-4-11-8-7(10)6(9)2-3-12(5)8/h2-4H,1H3. The number of hydrogen-bond acceptors (Lipinski definition) is 1. The van der Waals surface area contributed by atoms with Crippen LogP contribution in [0.25, 0.3) is 5.65 Å². The van der Waals surface area contributed by atoms with Crippen LogP contribution in [-0.4, -0.2) is 9.38 Å². The molecule has 0 amide bonds. The third-order valence-corrected chi connectivity index (χ3v) is 1.76. The molecular weight excluding hydrogens is 162 g/mol. The first kappa shape index (κ1) is 7.21. The van der Waals surface area contributed by atoms with Crippen molar-refractivity contribution in [3.63, 3.8) is 0 Å². The zero-order chi connectivity index (χ0) is 8.72. The molecular formula is C8H6F2N2. The summed E-state index contributed by atoms with van der Waals surface area (Å²) in [6, 6.07) is 1.08. The van der Waals surface area contributed by atoms with Gasteiger partial charge in [-0.25, -0.2) is 9.37 Å². The zero-order valence-corrected chi connectivity index (χ0v) is 6.38. The van der Waals surface area contributed by atoms with Crippen molar-refractivity contribution in [1.82, 2.24) is 9.38 Å². The summed E-state index contributed by atoms with van der Waals surface area (Å²) in [5, 5.41) is 0. The predicted octanol–water partition coefficient (Wildman–Crippen LogP) is 1.92. The van der Waals surface area contributed by atoms with Gasteiger partial charge in [-0.1, -0.05) is 0 Å². The molecule has 0 bridgehead atoms. The maximum atomic E-state index is 13.0. The lowest BCUT2D eigenvalue weighted by Gasteiger charge is -1.96. The number of rotatable bonds is 0. The first-order valence-electron chi connectivity index (χ1n) is 3.48. The van der Waals surface area contributed by atoms with Crippen LogP contribution in [0.3, 0.4) is 0 Å². The molecule has 2 rings (SSSR count). The molecule has 0 aliphatic heterocycles. The van der Waals surface area contributed by atoms with Gasteiger partial charge in [-0.05, 0) is 13.0 Å². The molecule has 0 saturated carbocycles. The van der Waals surface area contributed by atoms with Crippen LogP contribution in [0, 0.1) is 18.6 Å². The number of halogens is 2. The molecule has 2 heterocycles. The van der Waals surface area contributed by atoms with Crippen molar-refractivity contribution in [2.75, 3.05) is 0 Å². The third kappa shape index (κ3) is 0.809. The van der Waals surface area contributed by atoms with Gasteiger partial charge in [-0.2, -0.15) is 4.39 Å². The van der Waals surface area contributed by atoms with Crippen molar-refractivity contribution in [2.45, 2.75) is 6.92 Å². The third-order valence-electron chi connectivity index (χ3n) is 1.76. The molecule has 62 valence electrons. The SMILES string of the molecule is Cc1cnc2c(F)c(F)ccn12. The molecule has 2 aromatic heterocycles.